The van der Waals surface area contributed by atoms with Gasteiger partial charge in [-0.05, 0) is 13.0 Å². The molecule has 3 nitrogen and oxygen atoms in total. The minimum absolute atomic E-state index is 0.0431. The van der Waals surface area contributed by atoms with Crippen LogP contribution in [0.2, 0.25) is 0 Å². The van der Waals surface area contributed by atoms with Gasteiger partial charge in [0.05, 0.1) is 11.4 Å². The normalized spacial score (nSPS) is 11.4. The first-order chi connectivity index (χ1) is 12.8. The monoisotopic (exact) mass is 388 g/mol. The highest BCUT2D eigenvalue weighted by molar-refractivity contribution is 7.99. The summed E-state index contributed by atoms with van der Waals surface area (Å²) < 4.78 is 39.6. The van der Waals surface area contributed by atoms with Crippen LogP contribution in [0.4, 0.5) is 13.2 Å². The van der Waals surface area contributed by atoms with Crippen LogP contribution in [0.15, 0.2) is 65.8 Å². The highest BCUT2D eigenvalue weighted by Crippen LogP contribution is 2.32. The molecular formula is C20H15F3N2OS. The number of carbonyl (C=O) groups excluding carboxylic acids is 1. The smallest absolute Gasteiger partial charge is 0.293 e. The number of carbonyl (C=O) groups is 1. The molecule has 0 unspecified atom stereocenters. The van der Waals surface area contributed by atoms with Crippen molar-refractivity contribution < 1.29 is 18.0 Å². The number of aromatic nitrogens is 2. The van der Waals surface area contributed by atoms with E-state index in [0.29, 0.717) is 11.1 Å². The molecule has 1 heterocycles. The number of thioether (sulfide) groups is 1. The van der Waals surface area contributed by atoms with Crippen LogP contribution in [0.5, 0.6) is 0 Å². The van der Waals surface area contributed by atoms with Gasteiger partial charge < -0.3 is 0 Å². The van der Waals surface area contributed by atoms with Gasteiger partial charge in [-0.25, -0.2) is 9.97 Å². The van der Waals surface area contributed by atoms with Gasteiger partial charge in [0.2, 0.25) is 0 Å². The maximum Gasteiger partial charge on any atom is 0.433 e. The third-order valence-corrected chi connectivity index (χ3v) is 4.62. The lowest BCUT2D eigenvalue weighted by Crippen LogP contribution is -2.11. The van der Waals surface area contributed by atoms with E-state index in [1.807, 2.05) is 19.1 Å². The molecule has 0 saturated carbocycles. The molecule has 2 aromatic carbocycles. The van der Waals surface area contributed by atoms with Crippen molar-refractivity contribution in [2.75, 3.05) is 5.75 Å². The van der Waals surface area contributed by atoms with Crippen LogP contribution in [0.25, 0.3) is 11.3 Å². The lowest BCUT2D eigenvalue weighted by atomic mass is 10.1. The van der Waals surface area contributed by atoms with Crippen LogP contribution in [-0.4, -0.2) is 21.5 Å². The van der Waals surface area contributed by atoms with Crippen molar-refractivity contribution in [1.82, 2.24) is 9.97 Å². The fraction of sp³-hybridized carbons (Fsp3) is 0.150. The van der Waals surface area contributed by atoms with Gasteiger partial charge in [-0.1, -0.05) is 71.9 Å². The highest BCUT2D eigenvalue weighted by atomic mass is 32.2. The molecule has 0 spiro atoms. The van der Waals surface area contributed by atoms with E-state index in [9.17, 15) is 18.0 Å². The van der Waals surface area contributed by atoms with Crippen molar-refractivity contribution in [2.24, 2.45) is 0 Å². The predicted molar refractivity (Wildman–Crippen MR) is 98.7 cm³/mol. The maximum atomic E-state index is 13.2. The quantitative estimate of drug-likeness (QED) is 0.331. The molecule has 0 radical (unpaired) electrons. The van der Waals surface area contributed by atoms with Crippen molar-refractivity contribution in [2.45, 2.75) is 18.3 Å². The third kappa shape index (κ3) is 4.95. The van der Waals surface area contributed by atoms with Gasteiger partial charge >= 0.3 is 6.18 Å². The zero-order valence-electron chi connectivity index (χ0n) is 14.3. The average Bonchev–Trinajstić information content (AvgIpc) is 2.66. The summed E-state index contributed by atoms with van der Waals surface area (Å²) in [4.78, 5) is 20.0. The molecule has 0 N–H and O–H groups in total. The molecule has 0 aliphatic heterocycles. The standard InChI is InChI=1S/C20H15F3N2OS/c1-13-7-9-15(10-8-13)17(26)12-27-19-24-16(14-5-3-2-4-6-14)11-18(25-19)20(21,22)23/h2-11H,12H2,1H3. The number of ketones is 1. The Hall–Kier alpha value is -2.67. The second-order valence-corrected chi connectivity index (χ2v) is 6.81. The Kier molecular flexibility index (Phi) is 5.60. The Morgan fingerprint density at radius 1 is 1.00 bits per heavy atom. The van der Waals surface area contributed by atoms with E-state index in [1.165, 1.54) is 0 Å². The van der Waals surface area contributed by atoms with Gasteiger partial charge in [-0.3, -0.25) is 4.79 Å². The Bertz CT molecular complexity index is 942. The summed E-state index contributed by atoms with van der Waals surface area (Å²) in [5.41, 5.74) is 1.22. The van der Waals surface area contributed by atoms with E-state index in [1.54, 1.807) is 42.5 Å². The van der Waals surface area contributed by atoms with Crippen LogP contribution < -0.4 is 0 Å². The lowest BCUT2D eigenvalue weighted by molar-refractivity contribution is -0.141. The Labute approximate surface area is 158 Å². The number of nitrogens with zero attached hydrogens (tertiary/aromatic N) is 2. The summed E-state index contributed by atoms with van der Waals surface area (Å²) >= 11 is 0.895. The number of alkyl halides is 3. The summed E-state index contributed by atoms with van der Waals surface area (Å²) in [7, 11) is 0. The molecular weight excluding hydrogens is 373 g/mol. The first kappa shape index (κ1) is 19.1. The third-order valence-electron chi connectivity index (χ3n) is 3.77. The van der Waals surface area contributed by atoms with Crippen molar-refractivity contribution in [3.05, 3.63) is 77.5 Å². The number of benzene rings is 2. The molecule has 0 aliphatic carbocycles. The van der Waals surface area contributed by atoms with Crippen molar-refractivity contribution >= 4 is 17.5 Å². The highest BCUT2D eigenvalue weighted by Gasteiger charge is 2.34. The van der Waals surface area contributed by atoms with E-state index in [-0.39, 0.29) is 22.4 Å². The van der Waals surface area contributed by atoms with E-state index >= 15 is 0 Å². The van der Waals surface area contributed by atoms with Gasteiger partial charge in [0, 0.05) is 11.1 Å². The zero-order valence-corrected chi connectivity index (χ0v) is 15.1. The van der Waals surface area contributed by atoms with Crippen LogP contribution in [0.1, 0.15) is 21.6 Å². The minimum atomic E-state index is -4.59. The second kappa shape index (κ2) is 7.92. The van der Waals surface area contributed by atoms with E-state index in [0.717, 1.165) is 23.4 Å². The minimum Gasteiger partial charge on any atom is -0.293 e. The molecule has 0 amide bonds. The molecule has 138 valence electrons. The number of hydrogen-bond acceptors (Lipinski definition) is 4. The molecule has 0 bridgehead atoms. The molecule has 7 heteroatoms. The van der Waals surface area contributed by atoms with Crippen molar-refractivity contribution in [1.29, 1.82) is 0 Å². The van der Waals surface area contributed by atoms with Gasteiger partial charge in [-0.15, -0.1) is 0 Å². The average molecular weight is 388 g/mol. The molecule has 0 atom stereocenters. The first-order valence-electron chi connectivity index (χ1n) is 8.07. The molecule has 1 aromatic heterocycles. The number of Topliss-reactive ketones (excluding diaryl/α,β-unsaturated/α-hetero) is 1. The first-order valence-corrected chi connectivity index (χ1v) is 9.06. The van der Waals surface area contributed by atoms with Gasteiger partial charge in [0.25, 0.3) is 0 Å². The van der Waals surface area contributed by atoms with Crippen LogP contribution >= 0.6 is 11.8 Å². The van der Waals surface area contributed by atoms with Gasteiger partial charge in [0.1, 0.15) is 5.69 Å². The number of aryl methyl sites for hydroxylation is 1. The summed E-state index contributed by atoms with van der Waals surface area (Å²) in [6, 6.07) is 16.5. The largest absolute Gasteiger partial charge is 0.433 e. The predicted octanol–water partition coefficient (Wildman–Crippen LogP) is 5.45. The summed E-state index contributed by atoms with van der Waals surface area (Å²) in [5, 5.41) is -0.0795. The number of hydrogen-bond donors (Lipinski definition) is 0. The fourth-order valence-corrected chi connectivity index (χ4v) is 3.10. The molecule has 27 heavy (non-hydrogen) atoms. The van der Waals surface area contributed by atoms with Gasteiger partial charge in [-0.2, -0.15) is 13.2 Å². The Morgan fingerprint density at radius 3 is 2.30 bits per heavy atom. The van der Waals surface area contributed by atoms with E-state index < -0.39 is 11.9 Å². The summed E-state index contributed by atoms with van der Waals surface area (Å²) in [5.74, 6) is -0.235. The van der Waals surface area contributed by atoms with Crippen molar-refractivity contribution in [3.8, 4) is 11.3 Å². The van der Waals surface area contributed by atoms with E-state index in [2.05, 4.69) is 9.97 Å². The van der Waals surface area contributed by atoms with Crippen LogP contribution in [0.3, 0.4) is 0 Å². The Balaban J connectivity index is 1.86. The Morgan fingerprint density at radius 2 is 1.67 bits per heavy atom. The number of halogens is 3. The topological polar surface area (TPSA) is 42.9 Å². The summed E-state index contributed by atoms with van der Waals surface area (Å²) in [6.45, 7) is 1.91. The van der Waals surface area contributed by atoms with Crippen LogP contribution in [0, 0.1) is 6.92 Å². The lowest BCUT2D eigenvalue weighted by Gasteiger charge is -2.10. The molecule has 0 fully saturated rings. The molecule has 0 saturated heterocycles. The summed E-state index contributed by atoms with van der Waals surface area (Å²) in [6.07, 6.45) is -4.59. The maximum absolute atomic E-state index is 13.2. The molecule has 0 aliphatic rings. The second-order valence-electron chi connectivity index (χ2n) is 5.86. The van der Waals surface area contributed by atoms with Gasteiger partial charge in [0.15, 0.2) is 10.9 Å². The number of rotatable bonds is 5. The fourth-order valence-electron chi connectivity index (χ4n) is 2.34. The zero-order chi connectivity index (χ0) is 19.4. The molecule has 3 aromatic rings. The SMILES string of the molecule is Cc1ccc(C(=O)CSc2nc(-c3ccccc3)cc(C(F)(F)F)n2)cc1. The van der Waals surface area contributed by atoms with E-state index in [4.69, 9.17) is 0 Å². The molecule has 3 rings (SSSR count). The van der Waals surface area contributed by atoms with Crippen LogP contribution in [-0.2, 0) is 6.18 Å². The van der Waals surface area contributed by atoms with Crippen molar-refractivity contribution in [3.63, 3.8) is 0 Å².